The number of carbonyl (C=O) groups is 1. The highest BCUT2D eigenvalue weighted by Gasteiger charge is 2.26. The first kappa shape index (κ1) is 35.9. The number of hydrogen-bond acceptors (Lipinski definition) is 2. The summed E-state index contributed by atoms with van der Waals surface area (Å²) in [6.45, 7) is 13.8. The van der Waals surface area contributed by atoms with Crippen LogP contribution in [-0.2, 0) is 9.53 Å². The van der Waals surface area contributed by atoms with Crippen molar-refractivity contribution in [1.29, 1.82) is 0 Å². The van der Waals surface area contributed by atoms with E-state index in [9.17, 15) is 4.79 Å². The van der Waals surface area contributed by atoms with E-state index in [1.54, 1.807) is 0 Å². The van der Waals surface area contributed by atoms with Gasteiger partial charge in [-0.15, -0.1) is 0 Å². The van der Waals surface area contributed by atoms with Crippen molar-refractivity contribution >= 4 is 5.97 Å². The second-order valence-corrected chi connectivity index (χ2v) is 12.5. The van der Waals surface area contributed by atoms with Crippen molar-refractivity contribution in [1.82, 2.24) is 0 Å². The molecular formula is C38H62O2. The molecule has 0 aromatic heterocycles. The van der Waals surface area contributed by atoms with Crippen molar-refractivity contribution in [2.45, 2.75) is 151 Å². The minimum Gasteiger partial charge on any atom is -0.461 e. The Hall–Kier alpha value is -2.09. The Balaban J connectivity index is 2.11. The molecule has 0 aliphatic heterocycles. The first-order valence-electron chi connectivity index (χ1n) is 16.5. The molecule has 0 saturated carbocycles. The highest BCUT2D eigenvalue weighted by atomic mass is 16.5. The van der Waals surface area contributed by atoms with Gasteiger partial charge in [-0.1, -0.05) is 131 Å². The predicted molar refractivity (Wildman–Crippen MR) is 177 cm³/mol. The molecule has 0 aromatic carbocycles. The number of rotatable bonds is 21. The Labute approximate surface area is 248 Å². The van der Waals surface area contributed by atoms with E-state index in [0.29, 0.717) is 13.0 Å². The quantitative estimate of drug-likeness (QED) is 0.0615. The summed E-state index contributed by atoms with van der Waals surface area (Å²) >= 11 is 0. The van der Waals surface area contributed by atoms with Gasteiger partial charge in [0, 0.05) is 6.42 Å². The maximum Gasteiger partial charge on any atom is 0.306 e. The minimum absolute atomic E-state index is 0.0817. The van der Waals surface area contributed by atoms with Crippen molar-refractivity contribution in [3.63, 3.8) is 0 Å². The number of hydrogen-bond donors (Lipinski definition) is 0. The van der Waals surface area contributed by atoms with E-state index in [1.807, 2.05) is 13.0 Å². The fraction of sp³-hybridized carbons (Fsp3) is 0.658. The van der Waals surface area contributed by atoms with Crippen LogP contribution in [0.1, 0.15) is 151 Å². The van der Waals surface area contributed by atoms with Crippen molar-refractivity contribution in [3.8, 4) is 0 Å². The van der Waals surface area contributed by atoms with E-state index in [-0.39, 0.29) is 11.4 Å². The largest absolute Gasteiger partial charge is 0.461 e. The highest BCUT2D eigenvalue weighted by Crippen LogP contribution is 2.40. The van der Waals surface area contributed by atoms with Crippen LogP contribution in [0.3, 0.4) is 0 Å². The Morgan fingerprint density at radius 3 is 2.12 bits per heavy atom. The van der Waals surface area contributed by atoms with Gasteiger partial charge < -0.3 is 4.74 Å². The molecule has 2 heteroatoms. The molecule has 0 radical (unpaired) electrons. The minimum atomic E-state index is -0.0817. The highest BCUT2D eigenvalue weighted by molar-refractivity contribution is 5.69. The molecule has 0 spiro atoms. The van der Waals surface area contributed by atoms with E-state index in [2.05, 4.69) is 77.2 Å². The van der Waals surface area contributed by atoms with Gasteiger partial charge in [-0.05, 0) is 89.2 Å². The molecule has 0 bridgehead atoms. The molecule has 226 valence electrons. The summed E-state index contributed by atoms with van der Waals surface area (Å²) in [7, 11) is 0. The van der Waals surface area contributed by atoms with E-state index in [4.69, 9.17) is 4.74 Å². The summed E-state index contributed by atoms with van der Waals surface area (Å²) in [6, 6.07) is 0. The summed E-state index contributed by atoms with van der Waals surface area (Å²) in [5.41, 5.74) is 5.64. The molecule has 1 aliphatic carbocycles. The average Bonchev–Trinajstić information content (AvgIpc) is 2.90. The normalized spacial score (nSPS) is 16.6. The van der Waals surface area contributed by atoms with Gasteiger partial charge in [-0.3, -0.25) is 4.79 Å². The molecule has 0 aromatic rings. The molecule has 0 atom stereocenters. The monoisotopic (exact) mass is 550 g/mol. The van der Waals surface area contributed by atoms with Gasteiger partial charge in [0.15, 0.2) is 0 Å². The molecule has 0 N–H and O–H groups in total. The van der Waals surface area contributed by atoms with Crippen LogP contribution in [0.25, 0.3) is 0 Å². The smallest absolute Gasteiger partial charge is 0.306 e. The van der Waals surface area contributed by atoms with Crippen LogP contribution < -0.4 is 0 Å². The summed E-state index contributed by atoms with van der Waals surface area (Å²) in [6.07, 6.45) is 38.3. The SMILES string of the molecule is CCCCCCCC/C=C\CCCCCCCC(=O)OC/C=C(C)/C=C/C=C(C)\C=C\C1=C(C)CCCC1(C)C. The molecule has 0 saturated heterocycles. The third-order valence-electron chi connectivity index (χ3n) is 8.07. The number of unbranched alkanes of at least 4 members (excludes halogenated alkanes) is 11. The van der Waals surface area contributed by atoms with Crippen molar-refractivity contribution in [2.24, 2.45) is 5.41 Å². The molecule has 0 heterocycles. The van der Waals surface area contributed by atoms with Crippen molar-refractivity contribution in [2.75, 3.05) is 6.61 Å². The van der Waals surface area contributed by atoms with Gasteiger partial charge in [-0.2, -0.15) is 0 Å². The molecule has 1 rings (SSSR count). The Morgan fingerprint density at radius 1 is 0.850 bits per heavy atom. The first-order chi connectivity index (χ1) is 19.3. The standard InChI is InChI=1S/C38H62O2/c1-7-8-9-10-11-12-13-14-15-16-17-18-19-20-21-27-37(39)40-32-30-34(3)25-22-24-33(2)28-29-36-35(4)26-23-31-38(36,5)6/h14-15,22,24-25,28-30H,7-13,16-21,23,26-27,31-32H2,1-6H3/b15-14-,25-22+,29-28+,33-24-,34-30+. The van der Waals surface area contributed by atoms with Crippen LogP contribution in [-0.4, -0.2) is 12.6 Å². The Kier molecular flexibility index (Phi) is 20.3. The molecule has 1 aliphatic rings. The van der Waals surface area contributed by atoms with Gasteiger partial charge in [0.2, 0.25) is 0 Å². The van der Waals surface area contributed by atoms with Crippen LogP contribution >= 0.6 is 0 Å². The predicted octanol–water partition coefficient (Wildman–Crippen LogP) is 12.1. The van der Waals surface area contributed by atoms with Crippen molar-refractivity contribution < 1.29 is 9.53 Å². The van der Waals surface area contributed by atoms with Crippen LogP contribution in [0.2, 0.25) is 0 Å². The van der Waals surface area contributed by atoms with Crippen LogP contribution in [0.15, 0.2) is 70.9 Å². The molecule has 2 nitrogen and oxygen atoms in total. The zero-order chi connectivity index (χ0) is 29.5. The summed E-state index contributed by atoms with van der Waals surface area (Å²) < 4.78 is 5.40. The first-order valence-corrected chi connectivity index (χ1v) is 16.5. The third kappa shape index (κ3) is 18.3. The van der Waals surface area contributed by atoms with Gasteiger partial charge in [0.1, 0.15) is 6.61 Å². The molecule has 0 amide bonds. The van der Waals surface area contributed by atoms with Crippen molar-refractivity contribution in [3.05, 3.63) is 70.9 Å². The van der Waals surface area contributed by atoms with Crippen LogP contribution in [0.5, 0.6) is 0 Å². The Morgan fingerprint density at radius 2 is 1.48 bits per heavy atom. The number of carbonyl (C=O) groups excluding carboxylic acids is 1. The summed E-state index contributed by atoms with van der Waals surface area (Å²) in [5.74, 6) is -0.0817. The lowest BCUT2D eigenvalue weighted by atomic mass is 9.72. The van der Waals surface area contributed by atoms with E-state index < -0.39 is 0 Å². The summed E-state index contributed by atoms with van der Waals surface area (Å²) in [5, 5.41) is 0. The Bertz CT molecular complexity index is 875. The third-order valence-corrected chi connectivity index (χ3v) is 8.07. The lowest BCUT2D eigenvalue weighted by molar-refractivity contribution is -0.142. The number of esters is 1. The lowest BCUT2D eigenvalue weighted by Crippen LogP contribution is -2.19. The van der Waals surface area contributed by atoms with Gasteiger partial charge >= 0.3 is 5.97 Å². The molecular weight excluding hydrogens is 488 g/mol. The van der Waals surface area contributed by atoms with E-state index in [1.165, 1.54) is 107 Å². The molecule has 40 heavy (non-hydrogen) atoms. The average molecular weight is 551 g/mol. The zero-order valence-corrected chi connectivity index (χ0v) is 27.2. The number of ether oxygens (including phenoxy) is 1. The zero-order valence-electron chi connectivity index (χ0n) is 27.2. The molecule has 0 fully saturated rings. The van der Waals surface area contributed by atoms with Crippen LogP contribution in [0, 0.1) is 5.41 Å². The topological polar surface area (TPSA) is 26.3 Å². The van der Waals surface area contributed by atoms with E-state index in [0.717, 1.165) is 18.4 Å². The maximum absolute atomic E-state index is 12.0. The van der Waals surface area contributed by atoms with Crippen LogP contribution in [0.4, 0.5) is 0 Å². The lowest BCUT2D eigenvalue weighted by Gasteiger charge is -2.32. The fourth-order valence-electron chi connectivity index (χ4n) is 5.38. The second kappa shape index (κ2) is 22.6. The maximum atomic E-state index is 12.0. The molecule has 0 unspecified atom stereocenters. The number of allylic oxidation sites excluding steroid dienone is 11. The van der Waals surface area contributed by atoms with Gasteiger partial charge in [0.05, 0.1) is 0 Å². The summed E-state index contributed by atoms with van der Waals surface area (Å²) in [4.78, 5) is 12.0. The second-order valence-electron chi connectivity index (χ2n) is 12.5. The van der Waals surface area contributed by atoms with E-state index >= 15 is 0 Å². The van der Waals surface area contributed by atoms with Gasteiger partial charge in [-0.25, -0.2) is 0 Å². The fourth-order valence-corrected chi connectivity index (χ4v) is 5.38. The van der Waals surface area contributed by atoms with Gasteiger partial charge in [0.25, 0.3) is 0 Å².